The maximum Gasteiger partial charge on any atom is 0.137 e. The minimum atomic E-state index is -0.187. The highest BCUT2D eigenvalue weighted by molar-refractivity contribution is 9.10. The Hall–Kier alpha value is -0.450. The van der Waals surface area contributed by atoms with Crippen molar-refractivity contribution in [3.63, 3.8) is 0 Å². The van der Waals surface area contributed by atoms with Crippen molar-refractivity contribution in [1.82, 2.24) is 10.2 Å². The Bertz CT molecular complexity index is 518. The van der Waals surface area contributed by atoms with E-state index in [1.807, 2.05) is 12.1 Å². The summed E-state index contributed by atoms with van der Waals surface area (Å²) in [7, 11) is 0. The molecule has 4 heteroatoms. The topological polar surface area (TPSA) is 15.3 Å². The smallest absolute Gasteiger partial charge is 0.137 e. The standard InChI is InChI=1S/C17H24BrFN2/c1-3-17(2)11-20-16(13-5-6-13)10-21(17)9-12-4-7-15(19)14(18)8-12/h4,7-8,13,16,20H,3,5-6,9-11H2,1-2H3. The van der Waals surface area contributed by atoms with Crippen LogP contribution in [0, 0.1) is 11.7 Å². The van der Waals surface area contributed by atoms with E-state index in [0.29, 0.717) is 10.5 Å². The molecule has 1 aromatic rings. The first-order chi connectivity index (χ1) is 10.0. The van der Waals surface area contributed by atoms with E-state index in [2.05, 4.69) is 40.0 Å². The molecule has 1 N–H and O–H groups in total. The van der Waals surface area contributed by atoms with Gasteiger partial charge in [-0.05, 0) is 65.7 Å². The molecule has 3 rings (SSSR count). The molecule has 0 spiro atoms. The van der Waals surface area contributed by atoms with Gasteiger partial charge in [0.25, 0.3) is 0 Å². The zero-order valence-corrected chi connectivity index (χ0v) is 14.4. The van der Waals surface area contributed by atoms with Gasteiger partial charge in [-0.15, -0.1) is 0 Å². The number of nitrogens with one attached hydrogen (secondary N) is 1. The van der Waals surface area contributed by atoms with Crippen LogP contribution in [0.4, 0.5) is 4.39 Å². The number of halogens is 2. The van der Waals surface area contributed by atoms with Gasteiger partial charge in [-0.2, -0.15) is 0 Å². The summed E-state index contributed by atoms with van der Waals surface area (Å²) in [5, 5.41) is 3.75. The number of benzene rings is 1. The van der Waals surface area contributed by atoms with Gasteiger partial charge in [0.1, 0.15) is 5.82 Å². The molecular formula is C17H24BrFN2. The van der Waals surface area contributed by atoms with Gasteiger partial charge in [-0.1, -0.05) is 13.0 Å². The van der Waals surface area contributed by atoms with Gasteiger partial charge in [0.05, 0.1) is 4.47 Å². The summed E-state index contributed by atoms with van der Waals surface area (Å²) in [6.45, 7) is 7.64. The summed E-state index contributed by atoms with van der Waals surface area (Å²) in [6, 6.07) is 6.02. The van der Waals surface area contributed by atoms with Crippen LogP contribution < -0.4 is 5.32 Å². The Morgan fingerprint density at radius 2 is 2.19 bits per heavy atom. The maximum absolute atomic E-state index is 13.4. The predicted octanol–water partition coefficient (Wildman–Crippen LogP) is 3.94. The molecule has 1 aliphatic heterocycles. The third kappa shape index (κ3) is 3.33. The summed E-state index contributed by atoms with van der Waals surface area (Å²) >= 11 is 3.30. The van der Waals surface area contributed by atoms with Crippen LogP contribution in [-0.4, -0.2) is 29.6 Å². The monoisotopic (exact) mass is 354 g/mol. The third-order valence-electron chi connectivity index (χ3n) is 5.24. The molecule has 0 aromatic heterocycles. The van der Waals surface area contributed by atoms with Crippen molar-refractivity contribution in [2.45, 2.75) is 51.2 Å². The van der Waals surface area contributed by atoms with Gasteiger partial charge in [0, 0.05) is 31.2 Å². The van der Waals surface area contributed by atoms with E-state index >= 15 is 0 Å². The lowest BCUT2D eigenvalue weighted by molar-refractivity contribution is 0.0369. The van der Waals surface area contributed by atoms with E-state index in [1.54, 1.807) is 6.07 Å². The van der Waals surface area contributed by atoms with Gasteiger partial charge >= 0.3 is 0 Å². The first-order valence-electron chi connectivity index (χ1n) is 7.94. The minimum Gasteiger partial charge on any atom is -0.311 e. The Morgan fingerprint density at radius 1 is 1.43 bits per heavy atom. The number of piperazine rings is 1. The lowest BCUT2D eigenvalue weighted by Crippen LogP contribution is -2.63. The van der Waals surface area contributed by atoms with Crippen LogP contribution in [0.5, 0.6) is 0 Å². The summed E-state index contributed by atoms with van der Waals surface area (Å²) in [5.41, 5.74) is 1.37. The molecule has 2 atom stereocenters. The largest absolute Gasteiger partial charge is 0.311 e. The zero-order valence-electron chi connectivity index (χ0n) is 12.8. The quantitative estimate of drug-likeness (QED) is 0.880. The molecule has 21 heavy (non-hydrogen) atoms. The second-order valence-corrected chi connectivity index (χ2v) is 7.66. The molecule has 2 unspecified atom stereocenters. The molecule has 116 valence electrons. The summed E-state index contributed by atoms with van der Waals surface area (Å²) in [4.78, 5) is 2.59. The van der Waals surface area contributed by atoms with Crippen molar-refractivity contribution < 1.29 is 4.39 Å². The van der Waals surface area contributed by atoms with Crippen molar-refractivity contribution >= 4 is 15.9 Å². The number of hydrogen-bond donors (Lipinski definition) is 1. The molecule has 1 saturated heterocycles. The normalized spacial score (nSPS) is 30.6. The second kappa shape index (κ2) is 5.98. The van der Waals surface area contributed by atoms with Crippen LogP contribution in [0.15, 0.2) is 22.7 Å². The van der Waals surface area contributed by atoms with Gasteiger partial charge in [0.15, 0.2) is 0 Å². The van der Waals surface area contributed by atoms with Crippen LogP contribution >= 0.6 is 15.9 Å². The fourth-order valence-corrected chi connectivity index (χ4v) is 3.69. The van der Waals surface area contributed by atoms with Crippen molar-refractivity contribution in [3.05, 3.63) is 34.1 Å². The molecule has 1 heterocycles. The molecule has 0 radical (unpaired) electrons. The van der Waals surface area contributed by atoms with Crippen LogP contribution in [-0.2, 0) is 6.54 Å². The summed E-state index contributed by atoms with van der Waals surface area (Å²) in [6.07, 6.45) is 3.87. The van der Waals surface area contributed by atoms with E-state index in [-0.39, 0.29) is 11.4 Å². The van der Waals surface area contributed by atoms with Crippen molar-refractivity contribution in [1.29, 1.82) is 0 Å². The Morgan fingerprint density at radius 3 is 2.81 bits per heavy atom. The molecule has 2 nitrogen and oxygen atoms in total. The van der Waals surface area contributed by atoms with Crippen molar-refractivity contribution in [2.75, 3.05) is 13.1 Å². The summed E-state index contributed by atoms with van der Waals surface area (Å²) in [5.74, 6) is 0.682. The lowest BCUT2D eigenvalue weighted by atomic mass is 9.90. The minimum absolute atomic E-state index is 0.187. The van der Waals surface area contributed by atoms with Gasteiger partial charge < -0.3 is 5.32 Å². The average Bonchev–Trinajstić information content (AvgIpc) is 3.30. The predicted molar refractivity (Wildman–Crippen MR) is 87.7 cm³/mol. The first kappa shape index (κ1) is 15.4. The molecule has 2 fully saturated rings. The average molecular weight is 355 g/mol. The molecular weight excluding hydrogens is 331 g/mol. The highest BCUT2D eigenvalue weighted by Gasteiger charge is 2.41. The Balaban J connectivity index is 1.76. The molecule has 2 aliphatic rings. The highest BCUT2D eigenvalue weighted by Crippen LogP contribution is 2.37. The van der Waals surface area contributed by atoms with E-state index < -0.39 is 0 Å². The molecule has 0 bridgehead atoms. The van der Waals surface area contributed by atoms with Gasteiger partial charge in [-0.3, -0.25) is 4.90 Å². The maximum atomic E-state index is 13.4. The zero-order chi connectivity index (χ0) is 15.0. The Kier molecular flexibility index (Phi) is 4.40. The van der Waals surface area contributed by atoms with E-state index in [0.717, 1.165) is 32.0 Å². The summed E-state index contributed by atoms with van der Waals surface area (Å²) < 4.78 is 14.0. The van der Waals surface area contributed by atoms with Crippen LogP contribution in [0.2, 0.25) is 0 Å². The lowest BCUT2D eigenvalue weighted by Gasteiger charge is -2.48. The number of rotatable bonds is 4. The molecule has 0 amide bonds. The van der Waals surface area contributed by atoms with Crippen molar-refractivity contribution in [3.8, 4) is 0 Å². The van der Waals surface area contributed by atoms with Gasteiger partial charge in [0.2, 0.25) is 0 Å². The Labute approximate surface area is 135 Å². The third-order valence-corrected chi connectivity index (χ3v) is 5.84. The molecule has 1 saturated carbocycles. The van der Waals surface area contributed by atoms with Crippen LogP contribution in [0.25, 0.3) is 0 Å². The second-order valence-electron chi connectivity index (χ2n) is 6.80. The molecule has 1 aromatic carbocycles. The van der Waals surface area contributed by atoms with Crippen LogP contribution in [0.1, 0.15) is 38.7 Å². The SMILES string of the molecule is CCC1(C)CNC(C2CC2)CN1Cc1ccc(F)c(Br)c1. The number of hydrogen-bond acceptors (Lipinski definition) is 2. The van der Waals surface area contributed by atoms with Gasteiger partial charge in [-0.25, -0.2) is 4.39 Å². The fourth-order valence-electron chi connectivity index (χ4n) is 3.26. The van der Waals surface area contributed by atoms with E-state index in [4.69, 9.17) is 0 Å². The highest BCUT2D eigenvalue weighted by atomic mass is 79.9. The number of nitrogens with zero attached hydrogens (tertiary/aromatic N) is 1. The fraction of sp³-hybridized carbons (Fsp3) is 0.647. The van der Waals surface area contributed by atoms with Crippen LogP contribution in [0.3, 0.4) is 0 Å². The van der Waals surface area contributed by atoms with Crippen molar-refractivity contribution in [2.24, 2.45) is 5.92 Å². The first-order valence-corrected chi connectivity index (χ1v) is 8.73. The van der Waals surface area contributed by atoms with E-state index in [1.165, 1.54) is 18.4 Å². The molecule has 1 aliphatic carbocycles. The van der Waals surface area contributed by atoms with E-state index in [9.17, 15) is 4.39 Å².